The second-order valence-corrected chi connectivity index (χ2v) is 8.55. The fourth-order valence-electron chi connectivity index (χ4n) is 3.21. The molecule has 28 heavy (non-hydrogen) atoms. The second-order valence-electron chi connectivity index (χ2n) is 6.39. The summed E-state index contributed by atoms with van der Waals surface area (Å²) in [6.07, 6.45) is 3.82. The summed E-state index contributed by atoms with van der Waals surface area (Å²) >= 11 is 1.48. The number of rotatable bonds is 7. The number of alkyl halides is 3. The average molecular weight is 428 g/mol. The number of carboxylic acid groups (broad SMARTS) is 1. The number of benzene rings is 2. The minimum atomic E-state index is -4.30. The van der Waals surface area contributed by atoms with Crippen LogP contribution in [0.2, 0.25) is 0 Å². The van der Waals surface area contributed by atoms with Gasteiger partial charge in [-0.3, -0.25) is 0 Å². The molecule has 2 aromatic carbocycles. The first-order valence-corrected chi connectivity index (χ1v) is 10.6. The molecule has 0 heterocycles. The molecule has 0 unspecified atom stereocenters. The van der Waals surface area contributed by atoms with Crippen LogP contribution in [0.5, 0.6) is 5.75 Å². The van der Waals surface area contributed by atoms with E-state index in [0.717, 1.165) is 41.7 Å². The van der Waals surface area contributed by atoms with E-state index in [-0.39, 0.29) is 23.3 Å². The average Bonchev–Trinajstić information content (AvgIpc) is 2.64. The summed E-state index contributed by atoms with van der Waals surface area (Å²) < 4.78 is 43.1. The molecule has 0 amide bonds. The Morgan fingerprint density at radius 3 is 2.57 bits per heavy atom. The molecule has 0 fully saturated rings. The van der Waals surface area contributed by atoms with Crippen molar-refractivity contribution in [3.8, 4) is 5.75 Å². The lowest BCUT2D eigenvalue weighted by Crippen LogP contribution is -2.13. The number of aliphatic carboxylic acids is 1. The van der Waals surface area contributed by atoms with E-state index in [1.807, 2.05) is 12.1 Å². The topological polar surface area (TPSA) is 46.5 Å². The maximum Gasteiger partial charge on any atom is 0.446 e. The molecule has 1 N–H and O–H groups in total. The summed E-state index contributed by atoms with van der Waals surface area (Å²) in [7, 11) is 0. The Morgan fingerprint density at radius 1 is 1.11 bits per heavy atom. The zero-order valence-corrected chi connectivity index (χ0v) is 16.6. The van der Waals surface area contributed by atoms with E-state index in [1.165, 1.54) is 11.6 Å². The maximum absolute atomic E-state index is 12.6. The molecule has 1 aliphatic carbocycles. The Kier molecular flexibility index (Phi) is 6.82. The van der Waals surface area contributed by atoms with E-state index in [1.54, 1.807) is 30.0 Å². The summed E-state index contributed by atoms with van der Waals surface area (Å²) in [6.45, 7) is -0.372. The lowest BCUT2D eigenvalue weighted by molar-refractivity contribution is -0.139. The third kappa shape index (κ3) is 5.85. The lowest BCUT2D eigenvalue weighted by atomic mass is 9.91. The fourth-order valence-corrected chi connectivity index (χ4v) is 4.89. The zero-order chi connectivity index (χ0) is 20.1. The molecule has 2 aromatic rings. The predicted octanol–water partition coefficient (Wildman–Crippen LogP) is 5.93. The number of carboxylic acids is 1. The van der Waals surface area contributed by atoms with Crippen molar-refractivity contribution >= 4 is 29.5 Å². The molecule has 3 rings (SSSR count). The third-order valence-electron chi connectivity index (χ3n) is 4.33. The van der Waals surface area contributed by atoms with Gasteiger partial charge in [0, 0.05) is 15.5 Å². The summed E-state index contributed by atoms with van der Waals surface area (Å²) in [5, 5.41) is 8.84. The molecule has 0 atom stereocenters. The van der Waals surface area contributed by atoms with Crippen molar-refractivity contribution < 1.29 is 27.8 Å². The highest BCUT2D eigenvalue weighted by atomic mass is 32.2. The predicted molar refractivity (Wildman–Crippen MR) is 104 cm³/mol. The van der Waals surface area contributed by atoms with Gasteiger partial charge < -0.3 is 9.84 Å². The molecular weight excluding hydrogens is 409 g/mol. The molecule has 0 radical (unpaired) electrons. The van der Waals surface area contributed by atoms with Gasteiger partial charge in [-0.15, -0.1) is 11.8 Å². The van der Waals surface area contributed by atoms with Crippen molar-refractivity contribution in [2.45, 2.75) is 46.7 Å². The van der Waals surface area contributed by atoms with Crippen LogP contribution in [0.15, 0.2) is 46.2 Å². The highest BCUT2D eigenvalue weighted by Gasteiger charge is 2.29. The lowest BCUT2D eigenvalue weighted by Gasteiger charge is -2.22. The van der Waals surface area contributed by atoms with Crippen LogP contribution in [0, 0.1) is 0 Å². The molecule has 0 bridgehead atoms. The van der Waals surface area contributed by atoms with Crippen LogP contribution in [0.4, 0.5) is 13.2 Å². The highest BCUT2D eigenvalue weighted by molar-refractivity contribution is 8.00. The van der Waals surface area contributed by atoms with Gasteiger partial charge in [0.25, 0.3) is 0 Å². The van der Waals surface area contributed by atoms with Crippen molar-refractivity contribution in [3.63, 3.8) is 0 Å². The normalized spacial score (nSPS) is 13.8. The first-order chi connectivity index (χ1) is 13.3. The third-order valence-corrected chi connectivity index (χ3v) is 6.22. The monoisotopic (exact) mass is 428 g/mol. The Hall–Kier alpha value is -1.80. The molecular formula is C20H19F3O3S2. The smallest absolute Gasteiger partial charge is 0.446 e. The van der Waals surface area contributed by atoms with Crippen LogP contribution >= 0.6 is 23.5 Å². The molecule has 0 aromatic heterocycles. The van der Waals surface area contributed by atoms with Crippen LogP contribution in [-0.2, 0) is 23.4 Å². The van der Waals surface area contributed by atoms with E-state index < -0.39 is 11.5 Å². The SMILES string of the molecule is O=C(O)COc1ccc(SCc2cccc(SC(F)(F)F)c2)c2c1CCCC2. The van der Waals surface area contributed by atoms with Gasteiger partial charge >= 0.3 is 11.5 Å². The van der Waals surface area contributed by atoms with Crippen molar-refractivity contribution in [3.05, 3.63) is 53.1 Å². The number of hydrogen-bond donors (Lipinski definition) is 1. The van der Waals surface area contributed by atoms with Gasteiger partial charge in [0.1, 0.15) is 5.75 Å². The second kappa shape index (κ2) is 9.13. The van der Waals surface area contributed by atoms with Gasteiger partial charge in [0.05, 0.1) is 0 Å². The number of ether oxygens (including phenoxy) is 1. The van der Waals surface area contributed by atoms with Crippen molar-refractivity contribution in [1.82, 2.24) is 0 Å². The molecule has 0 spiro atoms. The molecule has 3 nitrogen and oxygen atoms in total. The highest BCUT2D eigenvalue weighted by Crippen LogP contribution is 2.39. The van der Waals surface area contributed by atoms with Crippen LogP contribution in [-0.4, -0.2) is 23.2 Å². The Balaban J connectivity index is 1.74. The van der Waals surface area contributed by atoms with E-state index in [4.69, 9.17) is 9.84 Å². The number of halogens is 3. The standard InChI is InChI=1S/C20H19F3O3S2/c21-20(22,23)28-14-5-3-4-13(10-14)12-27-18-9-8-17(26-11-19(24)25)15-6-1-2-7-16(15)18/h3-5,8-10H,1-2,6-7,11-12H2,(H,24,25). The fraction of sp³-hybridized carbons (Fsp3) is 0.350. The molecule has 0 aliphatic heterocycles. The molecule has 0 saturated carbocycles. The summed E-state index contributed by atoms with van der Waals surface area (Å²) in [5.74, 6) is 0.165. The maximum atomic E-state index is 12.6. The van der Waals surface area contributed by atoms with Gasteiger partial charge in [-0.05, 0) is 78.4 Å². The number of fused-ring (bicyclic) bond motifs is 1. The summed E-state index contributed by atoms with van der Waals surface area (Å²) in [5.41, 5.74) is -1.25. The van der Waals surface area contributed by atoms with Crippen molar-refractivity contribution in [2.24, 2.45) is 0 Å². The molecule has 150 valence electrons. The van der Waals surface area contributed by atoms with Gasteiger partial charge in [0.2, 0.25) is 0 Å². The van der Waals surface area contributed by atoms with E-state index in [9.17, 15) is 18.0 Å². The van der Waals surface area contributed by atoms with Crippen molar-refractivity contribution in [1.29, 1.82) is 0 Å². The Morgan fingerprint density at radius 2 is 1.86 bits per heavy atom. The first kappa shape index (κ1) is 20.9. The molecule has 1 aliphatic rings. The molecule has 0 saturated heterocycles. The number of thioether (sulfide) groups is 2. The van der Waals surface area contributed by atoms with Gasteiger partial charge in [-0.25, -0.2) is 4.79 Å². The Bertz CT molecular complexity index is 853. The quantitative estimate of drug-likeness (QED) is 0.554. The van der Waals surface area contributed by atoms with Crippen LogP contribution in [0.25, 0.3) is 0 Å². The minimum Gasteiger partial charge on any atom is -0.482 e. The summed E-state index contributed by atoms with van der Waals surface area (Å²) in [6, 6.07) is 10.2. The number of carbonyl (C=O) groups is 1. The van der Waals surface area contributed by atoms with Crippen LogP contribution < -0.4 is 4.74 Å². The minimum absolute atomic E-state index is 0.105. The van der Waals surface area contributed by atoms with Gasteiger partial charge in [0.15, 0.2) is 6.61 Å². The van der Waals surface area contributed by atoms with Crippen LogP contribution in [0.3, 0.4) is 0 Å². The van der Waals surface area contributed by atoms with Gasteiger partial charge in [-0.1, -0.05) is 12.1 Å². The Labute approximate surface area is 169 Å². The van der Waals surface area contributed by atoms with Crippen LogP contribution in [0.1, 0.15) is 29.5 Å². The molecule has 8 heteroatoms. The number of hydrogen-bond acceptors (Lipinski definition) is 4. The van der Waals surface area contributed by atoms with E-state index in [0.29, 0.717) is 11.5 Å². The van der Waals surface area contributed by atoms with E-state index >= 15 is 0 Å². The zero-order valence-electron chi connectivity index (χ0n) is 14.9. The van der Waals surface area contributed by atoms with Crippen molar-refractivity contribution in [2.75, 3.05) is 6.61 Å². The first-order valence-electron chi connectivity index (χ1n) is 8.78. The van der Waals surface area contributed by atoms with Gasteiger partial charge in [-0.2, -0.15) is 13.2 Å². The summed E-state index contributed by atoms with van der Waals surface area (Å²) in [4.78, 5) is 12.0. The largest absolute Gasteiger partial charge is 0.482 e. The van der Waals surface area contributed by atoms with E-state index in [2.05, 4.69) is 0 Å².